The molecule has 1 unspecified atom stereocenters. The molecule has 0 saturated heterocycles. The molecule has 1 atom stereocenters. The number of rotatable bonds is 6. The molecule has 1 fully saturated rings. The second-order valence-electron chi connectivity index (χ2n) is 6.05. The molecule has 0 radical (unpaired) electrons. The highest BCUT2D eigenvalue weighted by Gasteiger charge is 2.38. The quantitative estimate of drug-likeness (QED) is 0.733. The summed E-state index contributed by atoms with van der Waals surface area (Å²) in [5.41, 5.74) is 6.47. The van der Waals surface area contributed by atoms with Crippen molar-refractivity contribution < 1.29 is 9.53 Å². The van der Waals surface area contributed by atoms with Crippen molar-refractivity contribution in [3.8, 4) is 0 Å². The maximum absolute atomic E-state index is 11.9. The lowest BCUT2D eigenvalue weighted by atomic mass is 9.77. The van der Waals surface area contributed by atoms with Crippen molar-refractivity contribution in [1.29, 1.82) is 0 Å². The van der Waals surface area contributed by atoms with E-state index in [1.54, 1.807) is 11.3 Å². The molecule has 0 spiro atoms. The van der Waals surface area contributed by atoms with Gasteiger partial charge >= 0.3 is 5.97 Å². The van der Waals surface area contributed by atoms with Gasteiger partial charge in [-0.15, -0.1) is 11.3 Å². The summed E-state index contributed by atoms with van der Waals surface area (Å²) in [6.07, 6.45) is 5.95. The molecule has 0 aliphatic heterocycles. The Bertz CT molecular complexity index is 475. The Morgan fingerprint density at radius 1 is 1.52 bits per heavy atom. The van der Waals surface area contributed by atoms with Gasteiger partial charge in [0.25, 0.3) is 0 Å². The summed E-state index contributed by atoms with van der Waals surface area (Å²) >= 11 is 5.30. The van der Waals surface area contributed by atoms with E-state index in [0.717, 1.165) is 23.7 Å². The molecule has 2 N–H and O–H groups in total. The number of carbonyl (C=O) groups is 1. The van der Waals surface area contributed by atoms with Crippen LogP contribution in [0.4, 0.5) is 0 Å². The van der Waals surface area contributed by atoms with Crippen molar-refractivity contribution in [2.24, 2.45) is 11.1 Å². The van der Waals surface area contributed by atoms with Crippen LogP contribution in [0.2, 0.25) is 0 Å². The van der Waals surface area contributed by atoms with Crippen LogP contribution in [0.15, 0.2) is 10.5 Å². The SMILES string of the molecule is CCOC(=O)CC1(CC(N)c2cc(Br)c(C)s2)CCCC1. The van der Waals surface area contributed by atoms with Crippen LogP contribution < -0.4 is 5.73 Å². The predicted octanol–water partition coefficient (Wildman–Crippen LogP) is 4.72. The van der Waals surface area contributed by atoms with E-state index >= 15 is 0 Å². The van der Waals surface area contributed by atoms with Crippen molar-refractivity contribution >= 4 is 33.2 Å². The van der Waals surface area contributed by atoms with E-state index in [2.05, 4.69) is 28.9 Å². The Morgan fingerprint density at radius 2 is 2.19 bits per heavy atom. The highest BCUT2D eigenvalue weighted by molar-refractivity contribution is 9.10. The molecule has 118 valence electrons. The minimum atomic E-state index is -0.0739. The van der Waals surface area contributed by atoms with Crippen molar-refractivity contribution in [2.45, 2.75) is 58.4 Å². The number of nitrogens with two attached hydrogens (primary N) is 1. The predicted molar refractivity (Wildman–Crippen MR) is 90.5 cm³/mol. The molecule has 1 aliphatic rings. The number of aryl methyl sites for hydroxylation is 1. The molecule has 21 heavy (non-hydrogen) atoms. The van der Waals surface area contributed by atoms with Gasteiger partial charge in [0.2, 0.25) is 0 Å². The fraction of sp³-hybridized carbons (Fsp3) is 0.688. The summed E-state index contributed by atoms with van der Waals surface area (Å²) < 4.78 is 6.28. The van der Waals surface area contributed by atoms with Crippen molar-refractivity contribution in [1.82, 2.24) is 0 Å². The molecule has 2 rings (SSSR count). The smallest absolute Gasteiger partial charge is 0.306 e. The number of halogens is 1. The van der Waals surface area contributed by atoms with Crippen LogP contribution in [0.3, 0.4) is 0 Å². The summed E-state index contributed by atoms with van der Waals surface area (Å²) in [6, 6.07) is 2.13. The van der Waals surface area contributed by atoms with Gasteiger partial charge in [-0.05, 0) is 60.5 Å². The van der Waals surface area contributed by atoms with Crippen LogP contribution in [0.1, 0.15) is 61.2 Å². The zero-order chi connectivity index (χ0) is 15.5. The van der Waals surface area contributed by atoms with E-state index < -0.39 is 0 Å². The fourth-order valence-electron chi connectivity index (χ4n) is 3.33. The second kappa shape index (κ2) is 7.25. The zero-order valence-corrected chi connectivity index (χ0v) is 15.2. The summed E-state index contributed by atoms with van der Waals surface area (Å²) in [5.74, 6) is -0.0739. The van der Waals surface area contributed by atoms with E-state index in [0.29, 0.717) is 13.0 Å². The Balaban J connectivity index is 2.06. The maximum Gasteiger partial charge on any atom is 0.306 e. The van der Waals surface area contributed by atoms with E-state index in [9.17, 15) is 4.79 Å². The van der Waals surface area contributed by atoms with Crippen molar-refractivity contribution in [3.05, 3.63) is 20.3 Å². The summed E-state index contributed by atoms with van der Waals surface area (Å²) in [7, 11) is 0. The number of hydrogen-bond acceptors (Lipinski definition) is 4. The van der Waals surface area contributed by atoms with Crippen LogP contribution in [-0.2, 0) is 9.53 Å². The van der Waals surface area contributed by atoms with Crippen molar-refractivity contribution in [3.63, 3.8) is 0 Å². The van der Waals surface area contributed by atoms with Gasteiger partial charge in [0.1, 0.15) is 0 Å². The van der Waals surface area contributed by atoms with Gasteiger partial charge in [0, 0.05) is 20.3 Å². The van der Waals surface area contributed by atoms with Gasteiger partial charge in [-0.1, -0.05) is 12.8 Å². The summed E-state index contributed by atoms with van der Waals surface area (Å²) in [5, 5.41) is 0. The molecule has 1 aromatic heterocycles. The van der Waals surface area contributed by atoms with Gasteiger partial charge in [-0.2, -0.15) is 0 Å². The van der Waals surface area contributed by atoms with Crippen LogP contribution in [0.5, 0.6) is 0 Å². The third-order valence-electron chi connectivity index (χ3n) is 4.38. The minimum absolute atomic E-state index is 0.00697. The van der Waals surface area contributed by atoms with Gasteiger partial charge in [-0.25, -0.2) is 0 Å². The summed E-state index contributed by atoms with van der Waals surface area (Å²) in [6.45, 7) is 4.41. The largest absolute Gasteiger partial charge is 0.466 e. The monoisotopic (exact) mass is 373 g/mol. The van der Waals surface area contributed by atoms with Gasteiger partial charge in [0.15, 0.2) is 0 Å². The maximum atomic E-state index is 11.9. The van der Waals surface area contributed by atoms with E-state index in [1.165, 1.54) is 22.6 Å². The Labute approximate surface area is 139 Å². The van der Waals surface area contributed by atoms with E-state index in [-0.39, 0.29) is 17.4 Å². The number of ether oxygens (including phenoxy) is 1. The third-order valence-corrected chi connectivity index (χ3v) is 6.65. The standard InChI is InChI=1S/C16H24BrNO2S/c1-3-20-15(19)10-16(6-4-5-7-16)9-13(18)14-8-12(17)11(2)21-14/h8,13H,3-7,9-10,18H2,1-2H3. The fourth-order valence-corrected chi connectivity index (χ4v) is 4.89. The molecule has 5 heteroatoms. The minimum Gasteiger partial charge on any atom is -0.466 e. The molecule has 1 saturated carbocycles. The average Bonchev–Trinajstić information content (AvgIpc) is 2.98. The van der Waals surface area contributed by atoms with E-state index in [1.807, 2.05) is 6.92 Å². The average molecular weight is 374 g/mol. The van der Waals surface area contributed by atoms with Crippen LogP contribution in [0, 0.1) is 12.3 Å². The molecule has 0 bridgehead atoms. The lowest BCUT2D eigenvalue weighted by molar-refractivity contribution is -0.146. The lowest BCUT2D eigenvalue weighted by Gasteiger charge is -2.30. The lowest BCUT2D eigenvalue weighted by Crippen LogP contribution is -2.27. The second-order valence-corrected chi connectivity index (χ2v) is 8.19. The van der Waals surface area contributed by atoms with Gasteiger partial charge in [0.05, 0.1) is 13.0 Å². The topological polar surface area (TPSA) is 52.3 Å². The Kier molecular flexibility index (Phi) is 5.86. The third kappa shape index (κ3) is 4.30. The number of carbonyl (C=O) groups excluding carboxylic acids is 1. The van der Waals surface area contributed by atoms with Crippen molar-refractivity contribution in [2.75, 3.05) is 6.61 Å². The number of hydrogen-bond donors (Lipinski definition) is 1. The molecule has 3 nitrogen and oxygen atoms in total. The molecule has 1 aromatic rings. The molecular weight excluding hydrogens is 350 g/mol. The molecular formula is C16H24BrNO2S. The zero-order valence-electron chi connectivity index (χ0n) is 12.8. The highest BCUT2D eigenvalue weighted by Crippen LogP contribution is 2.47. The van der Waals surface area contributed by atoms with Crippen LogP contribution in [-0.4, -0.2) is 12.6 Å². The number of thiophene rings is 1. The molecule has 1 aliphatic carbocycles. The first kappa shape index (κ1) is 17.0. The summed E-state index contributed by atoms with van der Waals surface area (Å²) in [4.78, 5) is 14.4. The highest BCUT2D eigenvalue weighted by atomic mass is 79.9. The van der Waals surface area contributed by atoms with Crippen LogP contribution >= 0.6 is 27.3 Å². The van der Waals surface area contributed by atoms with Crippen LogP contribution in [0.25, 0.3) is 0 Å². The Hall–Kier alpha value is -0.390. The van der Waals surface area contributed by atoms with Gasteiger partial charge in [-0.3, -0.25) is 4.79 Å². The molecule has 1 heterocycles. The van der Waals surface area contributed by atoms with Gasteiger partial charge < -0.3 is 10.5 Å². The first-order chi connectivity index (χ1) is 9.96. The number of esters is 1. The molecule has 0 aromatic carbocycles. The first-order valence-corrected chi connectivity index (χ1v) is 9.24. The Morgan fingerprint density at radius 3 is 2.71 bits per heavy atom. The molecule has 0 amide bonds. The van der Waals surface area contributed by atoms with E-state index in [4.69, 9.17) is 10.5 Å². The normalized spacial score (nSPS) is 18.7. The first-order valence-electron chi connectivity index (χ1n) is 7.63.